The number of hydrogen-bond donors (Lipinski definition) is 2. The largest absolute Gasteiger partial charge is 0.355 e. The summed E-state index contributed by atoms with van der Waals surface area (Å²) in [7, 11) is 0. The van der Waals surface area contributed by atoms with Crippen molar-refractivity contribution in [1.82, 2.24) is 10.6 Å². The number of carbonyl (C=O) groups is 2. The van der Waals surface area contributed by atoms with Gasteiger partial charge in [-0.15, -0.1) is 0 Å². The van der Waals surface area contributed by atoms with E-state index in [0.717, 1.165) is 25.7 Å². The summed E-state index contributed by atoms with van der Waals surface area (Å²) < 4.78 is 0. The van der Waals surface area contributed by atoms with Crippen LogP contribution in [0.4, 0.5) is 0 Å². The van der Waals surface area contributed by atoms with Crippen LogP contribution in [0, 0.1) is 17.3 Å². The maximum absolute atomic E-state index is 11.8. The highest BCUT2D eigenvalue weighted by molar-refractivity contribution is 5.80. The van der Waals surface area contributed by atoms with Crippen LogP contribution in [0.2, 0.25) is 0 Å². The molecule has 2 amide bonds. The molecule has 2 saturated carbocycles. The molecule has 0 unspecified atom stereocenters. The van der Waals surface area contributed by atoms with Gasteiger partial charge in [-0.05, 0) is 31.1 Å². The lowest BCUT2D eigenvalue weighted by molar-refractivity contribution is -0.128. The van der Waals surface area contributed by atoms with Gasteiger partial charge in [0.15, 0.2) is 0 Å². The molecule has 2 rings (SSSR count). The van der Waals surface area contributed by atoms with Gasteiger partial charge < -0.3 is 10.6 Å². The third kappa shape index (κ3) is 3.95. The van der Waals surface area contributed by atoms with Crippen LogP contribution in [0.15, 0.2) is 0 Å². The molecule has 108 valence electrons. The summed E-state index contributed by atoms with van der Waals surface area (Å²) in [5, 5.41) is 6.03. The van der Waals surface area contributed by atoms with Crippen molar-refractivity contribution in [1.29, 1.82) is 0 Å². The zero-order chi connectivity index (χ0) is 13.9. The normalized spacial score (nSPS) is 20.3. The molecule has 0 spiro atoms. The Hall–Kier alpha value is -1.06. The first-order valence-electron chi connectivity index (χ1n) is 7.53. The minimum absolute atomic E-state index is 0.0845. The number of carbonyl (C=O) groups excluding carboxylic acids is 2. The Bertz CT molecular complexity index is 312. The number of hydrogen-bond acceptors (Lipinski definition) is 2. The molecule has 0 bridgehead atoms. The van der Waals surface area contributed by atoms with Gasteiger partial charge in [-0.2, -0.15) is 0 Å². The molecule has 0 aliphatic heterocycles. The van der Waals surface area contributed by atoms with E-state index >= 15 is 0 Å². The van der Waals surface area contributed by atoms with Gasteiger partial charge in [0, 0.05) is 24.9 Å². The average molecular weight is 266 g/mol. The van der Waals surface area contributed by atoms with Crippen molar-refractivity contribution in [2.45, 2.75) is 52.4 Å². The maximum atomic E-state index is 11.8. The zero-order valence-corrected chi connectivity index (χ0v) is 12.1. The highest BCUT2D eigenvalue weighted by Crippen LogP contribution is 2.27. The predicted molar refractivity (Wildman–Crippen MR) is 74.5 cm³/mol. The quantitative estimate of drug-likeness (QED) is 0.771. The van der Waals surface area contributed by atoms with Gasteiger partial charge in [-0.1, -0.05) is 26.7 Å². The molecule has 2 fully saturated rings. The van der Waals surface area contributed by atoms with Crippen LogP contribution < -0.4 is 10.6 Å². The third-order valence-electron chi connectivity index (χ3n) is 4.43. The zero-order valence-electron chi connectivity index (χ0n) is 12.1. The van der Waals surface area contributed by atoms with Gasteiger partial charge in [0.05, 0.1) is 0 Å². The third-order valence-corrected chi connectivity index (χ3v) is 4.43. The van der Waals surface area contributed by atoms with Crippen molar-refractivity contribution in [3.05, 3.63) is 0 Å². The molecule has 19 heavy (non-hydrogen) atoms. The van der Waals surface area contributed by atoms with Gasteiger partial charge in [0.25, 0.3) is 0 Å². The molecule has 0 aromatic heterocycles. The summed E-state index contributed by atoms with van der Waals surface area (Å²) in [5.41, 5.74) is -0.0845. The Balaban J connectivity index is 1.65. The Morgan fingerprint density at radius 3 is 1.53 bits per heavy atom. The minimum Gasteiger partial charge on any atom is -0.355 e. The molecule has 4 nitrogen and oxygen atoms in total. The standard InChI is InChI=1S/C15H26N2O2/c1-15(2,9-16-13(18)11-5-3-6-11)10-17-14(19)12-7-4-8-12/h11-12H,3-10H2,1-2H3,(H,16,18)(H,17,19). The molecule has 0 aromatic carbocycles. The molecule has 0 radical (unpaired) electrons. The van der Waals surface area contributed by atoms with E-state index in [-0.39, 0.29) is 29.1 Å². The first-order chi connectivity index (χ1) is 8.98. The molecule has 2 N–H and O–H groups in total. The average Bonchev–Trinajstić information content (AvgIpc) is 2.19. The SMILES string of the molecule is CC(C)(CNC(=O)C1CCC1)CNC(=O)C1CCC1. The summed E-state index contributed by atoms with van der Waals surface area (Å²) in [4.78, 5) is 23.6. The van der Waals surface area contributed by atoms with Gasteiger partial charge in [0.2, 0.25) is 11.8 Å². The van der Waals surface area contributed by atoms with Crippen LogP contribution in [0.3, 0.4) is 0 Å². The fourth-order valence-electron chi connectivity index (χ4n) is 2.34. The predicted octanol–water partition coefficient (Wildman–Crippen LogP) is 1.85. The second-order valence-corrected chi connectivity index (χ2v) is 6.86. The van der Waals surface area contributed by atoms with Crippen LogP contribution in [0.1, 0.15) is 52.4 Å². The van der Waals surface area contributed by atoms with Gasteiger partial charge in [0.1, 0.15) is 0 Å². The topological polar surface area (TPSA) is 58.2 Å². The van der Waals surface area contributed by atoms with E-state index in [1.165, 1.54) is 12.8 Å². The second kappa shape index (κ2) is 5.93. The van der Waals surface area contributed by atoms with Crippen molar-refractivity contribution in [2.75, 3.05) is 13.1 Å². The molecule has 0 heterocycles. The van der Waals surface area contributed by atoms with Crippen LogP contribution in [-0.2, 0) is 9.59 Å². The number of nitrogens with one attached hydrogen (secondary N) is 2. The summed E-state index contributed by atoms with van der Waals surface area (Å²) in [5.74, 6) is 0.843. The van der Waals surface area contributed by atoms with Crippen molar-refractivity contribution in [2.24, 2.45) is 17.3 Å². The lowest BCUT2D eigenvalue weighted by Gasteiger charge is -2.30. The van der Waals surface area contributed by atoms with Crippen molar-refractivity contribution in [3.8, 4) is 0 Å². The van der Waals surface area contributed by atoms with E-state index in [1.54, 1.807) is 0 Å². The fraction of sp³-hybridized carbons (Fsp3) is 0.867. The lowest BCUT2D eigenvalue weighted by Crippen LogP contribution is -2.46. The smallest absolute Gasteiger partial charge is 0.223 e. The summed E-state index contributed by atoms with van der Waals surface area (Å²) in [6.45, 7) is 5.42. The molecular weight excluding hydrogens is 240 g/mol. The molecule has 0 saturated heterocycles. The molecular formula is C15H26N2O2. The van der Waals surface area contributed by atoms with Crippen LogP contribution >= 0.6 is 0 Å². The first-order valence-corrected chi connectivity index (χ1v) is 7.53. The Kier molecular flexibility index (Phi) is 4.48. The number of amides is 2. The van der Waals surface area contributed by atoms with E-state index in [2.05, 4.69) is 24.5 Å². The molecule has 4 heteroatoms. The monoisotopic (exact) mass is 266 g/mol. The van der Waals surface area contributed by atoms with Crippen LogP contribution in [0.5, 0.6) is 0 Å². The summed E-state index contributed by atoms with van der Waals surface area (Å²) in [6.07, 6.45) is 6.49. The summed E-state index contributed by atoms with van der Waals surface area (Å²) >= 11 is 0. The summed E-state index contributed by atoms with van der Waals surface area (Å²) in [6, 6.07) is 0. The van der Waals surface area contributed by atoms with Gasteiger partial charge in [-0.25, -0.2) is 0 Å². The molecule has 2 aliphatic rings. The Labute approximate surface area is 115 Å². The minimum atomic E-state index is -0.0845. The van der Waals surface area contributed by atoms with E-state index in [0.29, 0.717) is 13.1 Å². The van der Waals surface area contributed by atoms with Crippen LogP contribution in [-0.4, -0.2) is 24.9 Å². The second-order valence-electron chi connectivity index (χ2n) is 6.86. The van der Waals surface area contributed by atoms with E-state index in [4.69, 9.17) is 0 Å². The Morgan fingerprint density at radius 2 is 1.26 bits per heavy atom. The van der Waals surface area contributed by atoms with E-state index in [1.807, 2.05) is 0 Å². The van der Waals surface area contributed by atoms with Crippen molar-refractivity contribution < 1.29 is 9.59 Å². The lowest BCUT2D eigenvalue weighted by atomic mass is 9.83. The van der Waals surface area contributed by atoms with E-state index in [9.17, 15) is 9.59 Å². The maximum Gasteiger partial charge on any atom is 0.223 e. The Morgan fingerprint density at radius 1 is 0.895 bits per heavy atom. The van der Waals surface area contributed by atoms with Crippen molar-refractivity contribution in [3.63, 3.8) is 0 Å². The van der Waals surface area contributed by atoms with Crippen molar-refractivity contribution >= 4 is 11.8 Å². The first kappa shape index (κ1) is 14.4. The molecule has 2 aliphatic carbocycles. The van der Waals surface area contributed by atoms with Gasteiger partial charge in [-0.3, -0.25) is 9.59 Å². The van der Waals surface area contributed by atoms with Gasteiger partial charge >= 0.3 is 0 Å². The molecule has 0 aromatic rings. The molecule has 0 atom stereocenters. The van der Waals surface area contributed by atoms with E-state index < -0.39 is 0 Å². The fourth-order valence-corrected chi connectivity index (χ4v) is 2.34. The van der Waals surface area contributed by atoms with Crippen LogP contribution in [0.25, 0.3) is 0 Å². The highest BCUT2D eigenvalue weighted by Gasteiger charge is 2.29. The number of rotatable bonds is 6. The highest BCUT2D eigenvalue weighted by atomic mass is 16.2.